The zero-order valence-electron chi connectivity index (χ0n) is 12.2. The molecule has 110 valence electrons. The van der Waals surface area contributed by atoms with Crippen molar-refractivity contribution in [2.75, 3.05) is 24.7 Å². The summed E-state index contributed by atoms with van der Waals surface area (Å²) < 4.78 is 5.28. The van der Waals surface area contributed by atoms with E-state index in [1.165, 1.54) is 11.1 Å². The molecular formula is C16H20N4O. The molecule has 1 aliphatic heterocycles. The second-order valence-corrected chi connectivity index (χ2v) is 5.27. The molecule has 0 fully saturated rings. The summed E-state index contributed by atoms with van der Waals surface area (Å²) in [6, 6.07) is 8.06. The van der Waals surface area contributed by atoms with Gasteiger partial charge in [0.2, 0.25) is 5.95 Å². The summed E-state index contributed by atoms with van der Waals surface area (Å²) in [6.07, 6.45) is 4.04. The Labute approximate surface area is 124 Å². The quantitative estimate of drug-likeness (QED) is 0.905. The van der Waals surface area contributed by atoms with Gasteiger partial charge in [0.25, 0.3) is 0 Å². The molecule has 0 saturated carbocycles. The Kier molecular flexibility index (Phi) is 3.90. The average Bonchev–Trinajstić information content (AvgIpc) is 2.73. The number of hydrogen-bond donors (Lipinski definition) is 2. The third kappa shape index (κ3) is 3.07. The minimum absolute atomic E-state index is 0.334. The smallest absolute Gasteiger partial charge is 0.222 e. The van der Waals surface area contributed by atoms with Crippen LogP contribution in [-0.4, -0.2) is 23.6 Å². The van der Waals surface area contributed by atoms with Crippen molar-refractivity contribution >= 4 is 11.8 Å². The number of aromatic nitrogens is 2. The van der Waals surface area contributed by atoms with Crippen molar-refractivity contribution in [3.05, 3.63) is 41.1 Å². The number of benzene rings is 1. The van der Waals surface area contributed by atoms with Gasteiger partial charge in [0.1, 0.15) is 11.6 Å². The van der Waals surface area contributed by atoms with Crippen LogP contribution in [0, 0.1) is 0 Å². The maximum absolute atomic E-state index is 5.86. The van der Waals surface area contributed by atoms with Crippen LogP contribution in [0.15, 0.2) is 24.3 Å². The van der Waals surface area contributed by atoms with Crippen LogP contribution in [0.25, 0.3) is 0 Å². The van der Waals surface area contributed by atoms with Gasteiger partial charge in [0.15, 0.2) is 0 Å². The van der Waals surface area contributed by atoms with Crippen LogP contribution in [0.5, 0.6) is 5.75 Å². The Morgan fingerprint density at radius 2 is 2.19 bits per heavy atom. The fourth-order valence-corrected chi connectivity index (χ4v) is 2.71. The van der Waals surface area contributed by atoms with Gasteiger partial charge in [-0.15, -0.1) is 0 Å². The molecule has 0 aliphatic carbocycles. The summed E-state index contributed by atoms with van der Waals surface area (Å²) in [7, 11) is 1.68. The molecule has 0 radical (unpaired) electrons. The normalized spacial score (nSPS) is 14.0. The Bertz CT molecular complexity index is 642. The van der Waals surface area contributed by atoms with Crippen LogP contribution in [0.4, 0.5) is 11.8 Å². The Morgan fingerprint density at radius 1 is 1.29 bits per heavy atom. The number of methoxy groups -OCH3 is 1. The van der Waals surface area contributed by atoms with Crippen molar-refractivity contribution in [1.82, 2.24) is 9.97 Å². The van der Waals surface area contributed by atoms with E-state index < -0.39 is 0 Å². The standard InChI is InChI=1S/C16H20N4O/c1-21-12-6-4-5-11(9-12)10-14-13-7-2-3-8-18-15(13)20-16(17)19-14/h4-6,9H,2-3,7-8,10H2,1H3,(H3,17,18,19,20). The van der Waals surface area contributed by atoms with E-state index in [4.69, 9.17) is 10.5 Å². The van der Waals surface area contributed by atoms with E-state index in [-0.39, 0.29) is 0 Å². The SMILES string of the molecule is COc1cccc(Cc2nc(N)nc3c2CCCCN3)c1. The van der Waals surface area contributed by atoms with Crippen LogP contribution in [0.1, 0.15) is 29.7 Å². The predicted octanol–water partition coefficient (Wildman–Crippen LogP) is 2.41. The molecule has 3 rings (SSSR count). The van der Waals surface area contributed by atoms with E-state index in [0.717, 1.165) is 49.5 Å². The van der Waals surface area contributed by atoms with E-state index >= 15 is 0 Å². The lowest BCUT2D eigenvalue weighted by Gasteiger charge is -2.13. The van der Waals surface area contributed by atoms with Gasteiger partial charge in [-0.05, 0) is 37.0 Å². The maximum Gasteiger partial charge on any atom is 0.222 e. The van der Waals surface area contributed by atoms with Crippen LogP contribution in [-0.2, 0) is 12.8 Å². The first-order valence-corrected chi connectivity index (χ1v) is 7.28. The number of nitrogens with two attached hydrogens (primary N) is 1. The molecule has 0 atom stereocenters. The zero-order valence-corrected chi connectivity index (χ0v) is 12.2. The minimum Gasteiger partial charge on any atom is -0.497 e. The van der Waals surface area contributed by atoms with Crippen LogP contribution in [0.2, 0.25) is 0 Å². The van der Waals surface area contributed by atoms with Crippen molar-refractivity contribution in [2.24, 2.45) is 0 Å². The lowest BCUT2D eigenvalue weighted by atomic mass is 10.0. The molecule has 3 N–H and O–H groups in total. The number of ether oxygens (including phenoxy) is 1. The number of nitrogens with zero attached hydrogens (tertiary/aromatic N) is 2. The Morgan fingerprint density at radius 3 is 3.05 bits per heavy atom. The highest BCUT2D eigenvalue weighted by atomic mass is 16.5. The molecule has 1 aliphatic rings. The van der Waals surface area contributed by atoms with E-state index in [1.54, 1.807) is 7.11 Å². The topological polar surface area (TPSA) is 73.1 Å². The maximum atomic E-state index is 5.86. The van der Waals surface area contributed by atoms with Gasteiger partial charge in [-0.3, -0.25) is 0 Å². The summed E-state index contributed by atoms with van der Waals surface area (Å²) in [5, 5.41) is 3.36. The van der Waals surface area contributed by atoms with Gasteiger partial charge in [0.05, 0.1) is 12.8 Å². The summed E-state index contributed by atoms with van der Waals surface area (Å²) in [5.74, 6) is 2.10. The Balaban J connectivity index is 1.95. The molecule has 5 heteroatoms. The molecule has 2 heterocycles. The average molecular weight is 284 g/mol. The van der Waals surface area contributed by atoms with Crippen LogP contribution in [0.3, 0.4) is 0 Å². The van der Waals surface area contributed by atoms with Crippen molar-refractivity contribution in [3.8, 4) is 5.75 Å². The first-order valence-electron chi connectivity index (χ1n) is 7.28. The highest BCUT2D eigenvalue weighted by Crippen LogP contribution is 2.25. The molecule has 0 bridgehead atoms. The monoisotopic (exact) mass is 284 g/mol. The highest BCUT2D eigenvalue weighted by molar-refractivity contribution is 5.51. The number of rotatable bonds is 3. The third-order valence-electron chi connectivity index (χ3n) is 3.76. The molecule has 0 saturated heterocycles. The second kappa shape index (κ2) is 5.99. The van der Waals surface area contributed by atoms with Gasteiger partial charge in [-0.2, -0.15) is 4.98 Å². The van der Waals surface area contributed by atoms with Crippen LogP contribution < -0.4 is 15.8 Å². The number of hydrogen-bond acceptors (Lipinski definition) is 5. The number of anilines is 2. The number of nitrogens with one attached hydrogen (secondary N) is 1. The molecule has 2 aromatic rings. The van der Waals surface area contributed by atoms with Crippen molar-refractivity contribution in [3.63, 3.8) is 0 Å². The molecule has 0 amide bonds. The molecule has 1 aromatic heterocycles. The number of fused-ring (bicyclic) bond motifs is 1. The fourth-order valence-electron chi connectivity index (χ4n) is 2.71. The lowest BCUT2D eigenvalue weighted by Crippen LogP contribution is -2.10. The first-order chi connectivity index (χ1) is 10.3. The van der Waals surface area contributed by atoms with Gasteiger partial charge < -0.3 is 15.8 Å². The Hall–Kier alpha value is -2.30. The van der Waals surface area contributed by atoms with Gasteiger partial charge in [-0.25, -0.2) is 4.98 Å². The third-order valence-corrected chi connectivity index (χ3v) is 3.76. The van der Waals surface area contributed by atoms with E-state index in [1.807, 2.05) is 18.2 Å². The van der Waals surface area contributed by atoms with Crippen molar-refractivity contribution in [2.45, 2.75) is 25.7 Å². The molecule has 21 heavy (non-hydrogen) atoms. The van der Waals surface area contributed by atoms with E-state index in [0.29, 0.717) is 5.95 Å². The van der Waals surface area contributed by atoms with E-state index in [9.17, 15) is 0 Å². The summed E-state index contributed by atoms with van der Waals surface area (Å²) in [5.41, 5.74) is 9.23. The predicted molar refractivity (Wildman–Crippen MR) is 83.7 cm³/mol. The molecular weight excluding hydrogens is 264 g/mol. The van der Waals surface area contributed by atoms with Crippen LogP contribution >= 0.6 is 0 Å². The van der Waals surface area contributed by atoms with Crippen molar-refractivity contribution < 1.29 is 4.74 Å². The van der Waals surface area contributed by atoms with Gasteiger partial charge >= 0.3 is 0 Å². The number of nitrogen functional groups attached to an aromatic ring is 1. The van der Waals surface area contributed by atoms with Crippen molar-refractivity contribution in [1.29, 1.82) is 0 Å². The molecule has 0 spiro atoms. The minimum atomic E-state index is 0.334. The molecule has 0 unspecified atom stereocenters. The molecule has 1 aromatic carbocycles. The summed E-state index contributed by atoms with van der Waals surface area (Å²) in [4.78, 5) is 8.81. The highest BCUT2D eigenvalue weighted by Gasteiger charge is 2.16. The molecule has 5 nitrogen and oxygen atoms in total. The second-order valence-electron chi connectivity index (χ2n) is 5.27. The van der Waals surface area contributed by atoms with Gasteiger partial charge in [-0.1, -0.05) is 12.1 Å². The summed E-state index contributed by atoms with van der Waals surface area (Å²) >= 11 is 0. The largest absolute Gasteiger partial charge is 0.497 e. The van der Waals surface area contributed by atoms with E-state index in [2.05, 4.69) is 21.4 Å². The zero-order chi connectivity index (χ0) is 14.7. The fraction of sp³-hybridized carbons (Fsp3) is 0.375. The first kappa shape index (κ1) is 13.7. The summed E-state index contributed by atoms with van der Waals surface area (Å²) in [6.45, 7) is 0.946. The van der Waals surface area contributed by atoms with Gasteiger partial charge in [0, 0.05) is 18.5 Å². The lowest BCUT2D eigenvalue weighted by molar-refractivity contribution is 0.414.